The Morgan fingerprint density at radius 3 is 2.31 bits per heavy atom. The fourth-order valence-corrected chi connectivity index (χ4v) is 4.93. The number of carbonyl (C=O) groups is 3. The number of amides is 2. The summed E-state index contributed by atoms with van der Waals surface area (Å²) in [5, 5.41) is 17.6. The van der Waals surface area contributed by atoms with Crippen LogP contribution in [0.3, 0.4) is 0 Å². The Hall–Kier alpha value is -3.86. The second kappa shape index (κ2) is 10.8. The number of amidine groups is 1. The predicted molar refractivity (Wildman–Crippen MR) is 135 cm³/mol. The zero-order valence-electron chi connectivity index (χ0n) is 20.0. The number of nitrogens with one attached hydrogen (secondary N) is 1. The third-order valence-corrected chi connectivity index (χ3v) is 7.02. The van der Waals surface area contributed by atoms with Gasteiger partial charge in [0, 0.05) is 12.8 Å². The smallest absolute Gasteiger partial charge is 0.325 e. The van der Waals surface area contributed by atoms with Crippen LogP contribution >= 0.6 is 11.8 Å². The van der Waals surface area contributed by atoms with Crippen molar-refractivity contribution in [3.63, 3.8) is 0 Å². The fraction of sp³-hybridized carbons (Fsp3) is 0.320. The molecule has 0 bridgehead atoms. The number of carbonyl (C=O) groups excluding carboxylic acids is 2. The standard InChI is InChI=1S/C25H26N4O6S/c1-14(24(32)33)26-22(30)13-21-23(31)27-25(36-21)29-20(16-6-10-18(35-3)11-7-16)12-19(28-29)15-4-8-17(34-2)9-5-15/h4-11,14,20-21H,12-13H2,1-3H3,(H,26,30)(H,32,33)/t14-,20+,21+/m1/s1. The average molecular weight is 511 g/mol. The highest BCUT2D eigenvalue weighted by Gasteiger charge is 2.39. The van der Waals surface area contributed by atoms with Crippen molar-refractivity contribution in [1.82, 2.24) is 10.3 Å². The van der Waals surface area contributed by atoms with Crippen molar-refractivity contribution in [1.29, 1.82) is 0 Å². The second-order valence-electron chi connectivity index (χ2n) is 8.28. The number of hydrazone groups is 1. The van der Waals surface area contributed by atoms with Crippen molar-refractivity contribution in [2.75, 3.05) is 14.2 Å². The van der Waals surface area contributed by atoms with Gasteiger partial charge in [0.2, 0.25) is 5.91 Å². The van der Waals surface area contributed by atoms with E-state index in [2.05, 4.69) is 10.3 Å². The molecule has 2 amide bonds. The van der Waals surface area contributed by atoms with Gasteiger partial charge in [-0.2, -0.15) is 10.1 Å². The molecule has 2 aliphatic rings. The zero-order chi connectivity index (χ0) is 25.8. The van der Waals surface area contributed by atoms with Gasteiger partial charge in [0.05, 0.1) is 26.0 Å². The van der Waals surface area contributed by atoms with E-state index in [1.165, 1.54) is 6.92 Å². The van der Waals surface area contributed by atoms with Gasteiger partial charge in [-0.1, -0.05) is 23.9 Å². The SMILES string of the molecule is COc1ccc(C2=NN(C3=NC(=O)[C@H](CC(=O)N[C@H](C)C(=O)O)S3)[C@H](c3ccc(OC)cc3)C2)cc1. The lowest BCUT2D eigenvalue weighted by Crippen LogP contribution is -2.39. The Morgan fingerprint density at radius 1 is 1.11 bits per heavy atom. The van der Waals surface area contributed by atoms with E-state index < -0.39 is 29.1 Å². The van der Waals surface area contributed by atoms with Crippen molar-refractivity contribution in [3.8, 4) is 11.5 Å². The van der Waals surface area contributed by atoms with Crippen molar-refractivity contribution in [2.24, 2.45) is 10.1 Å². The molecule has 2 aliphatic heterocycles. The summed E-state index contributed by atoms with van der Waals surface area (Å²) in [5.74, 6) is -0.660. The third kappa shape index (κ3) is 5.51. The normalized spacial score (nSPS) is 20.0. The van der Waals surface area contributed by atoms with E-state index in [-0.39, 0.29) is 12.5 Å². The molecule has 3 atom stereocenters. The third-order valence-electron chi connectivity index (χ3n) is 5.88. The van der Waals surface area contributed by atoms with Crippen LogP contribution in [0.25, 0.3) is 0 Å². The molecule has 36 heavy (non-hydrogen) atoms. The van der Waals surface area contributed by atoms with Gasteiger partial charge in [-0.25, -0.2) is 5.01 Å². The molecule has 0 saturated heterocycles. The molecule has 0 unspecified atom stereocenters. The van der Waals surface area contributed by atoms with Crippen LogP contribution in [0.4, 0.5) is 0 Å². The lowest BCUT2D eigenvalue weighted by Gasteiger charge is -2.23. The molecule has 0 aromatic heterocycles. The van der Waals surface area contributed by atoms with Crippen LogP contribution in [0.1, 0.15) is 36.9 Å². The van der Waals surface area contributed by atoms with Gasteiger partial charge in [-0.3, -0.25) is 14.4 Å². The number of benzene rings is 2. The number of nitrogens with zero attached hydrogens (tertiary/aromatic N) is 3. The second-order valence-corrected chi connectivity index (χ2v) is 9.45. The molecule has 188 valence electrons. The molecule has 0 aliphatic carbocycles. The maximum atomic E-state index is 12.6. The number of carboxylic acid groups (broad SMARTS) is 1. The van der Waals surface area contributed by atoms with Crippen molar-refractivity contribution >= 4 is 40.4 Å². The molecule has 11 heteroatoms. The van der Waals surface area contributed by atoms with Crippen LogP contribution in [0.15, 0.2) is 58.6 Å². The first-order valence-corrected chi connectivity index (χ1v) is 12.1. The number of carboxylic acids is 1. The molecule has 2 aromatic rings. The fourth-order valence-electron chi connectivity index (χ4n) is 3.87. The maximum absolute atomic E-state index is 12.6. The summed E-state index contributed by atoms with van der Waals surface area (Å²) in [6.45, 7) is 1.37. The van der Waals surface area contributed by atoms with E-state index in [4.69, 9.17) is 19.7 Å². The summed E-state index contributed by atoms with van der Waals surface area (Å²) >= 11 is 1.16. The van der Waals surface area contributed by atoms with Crippen molar-refractivity contribution < 1.29 is 29.0 Å². The van der Waals surface area contributed by atoms with E-state index >= 15 is 0 Å². The van der Waals surface area contributed by atoms with E-state index in [0.717, 1.165) is 40.1 Å². The van der Waals surface area contributed by atoms with Crippen LogP contribution in [-0.4, -0.2) is 64.3 Å². The van der Waals surface area contributed by atoms with Gasteiger partial charge < -0.3 is 19.9 Å². The highest BCUT2D eigenvalue weighted by Crippen LogP contribution is 2.39. The number of hydrogen-bond donors (Lipinski definition) is 2. The minimum Gasteiger partial charge on any atom is -0.497 e. The number of aliphatic carboxylic acids is 1. The van der Waals surface area contributed by atoms with Crippen molar-refractivity contribution in [2.45, 2.75) is 37.1 Å². The van der Waals surface area contributed by atoms with Crippen LogP contribution in [-0.2, 0) is 14.4 Å². The number of thioether (sulfide) groups is 1. The molecule has 2 aromatic carbocycles. The zero-order valence-corrected chi connectivity index (χ0v) is 20.8. The summed E-state index contributed by atoms with van der Waals surface area (Å²) < 4.78 is 10.5. The van der Waals surface area contributed by atoms with Crippen LogP contribution in [0.5, 0.6) is 11.5 Å². The monoisotopic (exact) mass is 510 g/mol. The first-order chi connectivity index (χ1) is 17.3. The molecule has 0 spiro atoms. The van der Waals surface area contributed by atoms with E-state index in [9.17, 15) is 14.4 Å². The minimum absolute atomic E-state index is 0.176. The number of methoxy groups -OCH3 is 2. The molecule has 4 rings (SSSR count). The number of ether oxygens (including phenoxy) is 2. The average Bonchev–Trinajstić information content (AvgIpc) is 3.48. The topological polar surface area (TPSA) is 130 Å². The Balaban J connectivity index is 1.56. The first-order valence-electron chi connectivity index (χ1n) is 11.3. The largest absolute Gasteiger partial charge is 0.497 e. The van der Waals surface area contributed by atoms with Gasteiger partial charge in [0.1, 0.15) is 22.8 Å². The Morgan fingerprint density at radius 2 is 1.72 bits per heavy atom. The molecule has 10 nitrogen and oxygen atoms in total. The summed E-state index contributed by atoms with van der Waals surface area (Å²) in [5.41, 5.74) is 2.71. The summed E-state index contributed by atoms with van der Waals surface area (Å²) in [4.78, 5) is 40.1. The van der Waals surface area contributed by atoms with Gasteiger partial charge >= 0.3 is 5.97 Å². The predicted octanol–water partition coefficient (Wildman–Crippen LogP) is 2.83. The molecule has 0 fully saturated rings. The van der Waals surface area contributed by atoms with Gasteiger partial charge in [0.25, 0.3) is 5.91 Å². The molecule has 0 saturated carbocycles. The van der Waals surface area contributed by atoms with Crippen LogP contribution in [0, 0.1) is 0 Å². The van der Waals surface area contributed by atoms with Gasteiger partial charge in [0.15, 0.2) is 5.17 Å². The lowest BCUT2D eigenvalue weighted by atomic mass is 9.98. The Bertz CT molecular complexity index is 1210. The molecule has 2 heterocycles. The molecular formula is C25H26N4O6S. The number of hydrogen-bond acceptors (Lipinski definition) is 8. The van der Waals surface area contributed by atoms with E-state index in [1.807, 2.05) is 48.5 Å². The Labute approximate surface area is 212 Å². The quantitative estimate of drug-likeness (QED) is 0.555. The van der Waals surface area contributed by atoms with E-state index in [1.54, 1.807) is 19.2 Å². The molecular weight excluding hydrogens is 484 g/mol. The molecule has 0 radical (unpaired) electrons. The van der Waals surface area contributed by atoms with Crippen molar-refractivity contribution in [3.05, 3.63) is 59.7 Å². The summed E-state index contributed by atoms with van der Waals surface area (Å²) in [6, 6.07) is 13.9. The molecule has 2 N–H and O–H groups in total. The highest BCUT2D eigenvalue weighted by molar-refractivity contribution is 8.15. The van der Waals surface area contributed by atoms with Gasteiger partial charge in [-0.05, 0) is 54.4 Å². The first kappa shape index (κ1) is 25.2. The van der Waals surface area contributed by atoms with Crippen LogP contribution < -0.4 is 14.8 Å². The maximum Gasteiger partial charge on any atom is 0.325 e. The lowest BCUT2D eigenvalue weighted by molar-refractivity contribution is -0.141. The Kier molecular flexibility index (Phi) is 7.58. The highest BCUT2D eigenvalue weighted by atomic mass is 32.2. The van der Waals surface area contributed by atoms with Crippen LogP contribution in [0.2, 0.25) is 0 Å². The minimum atomic E-state index is -1.15. The number of rotatable bonds is 8. The van der Waals surface area contributed by atoms with E-state index in [0.29, 0.717) is 11.6 Å². The number of aliphatic imine (C=N–C) groups is 1. The van der Waals surface area contributed by atoms with Gasteiger partial charge in [-0.15, -0.1) is 0 Å². The summed E-state index contributed by atoms with van der Waals surface area (Å²) in [6.07, 6.45) is 0.401. The summed E-state index contributed by atoms with van der Waals surface area (Å²) in [7, 11) is 3.21.